The van der Waals surface area contributed by atoms with Crippen molar-refractivity contribution >= 4 is 22.4 Å². The molecule has 0 heterocycles. The molecule has 1 atom stereocenters. The number of benzene rings is 2. The molecule has 4 heteroatoms. The molecule has 0 aliphatic heterocycles. The zero-order valence-electron chi connectivity index (χ0n) is 10.8. The van der Waals surface area contributed by atoms with Gasteiger partial charge < -0.3 is 5.32 Å². The minimum absolute atomic E-state index is 0.241. The van der Waals surface area contributed by atoms with E-state index in [-0.39, 0.29) is 5.91 Å². The summed E-state index contributed by atoms with van der Waals surface area (Å²) in [4.78, 5) is 12.7. The van der Waals surface area contributed by atoms with Gasteiger partial charge in [-0.2, -0.15) is 0 Å². The van der Waals surface area contributed by atoms with E-state index in [0.717, 1.165) is 11.3 Å². The Kier molecular flexibility index (Phi) is 4.12. The first-order valence-electron chi connectivity index (χ1n) is 5.88. The molecule has 0 radical (unpaired) electrons. The SMILES string of the molecule is Cc1ccc(NC(=O)c2ccccc2S(C)=O)cc1. The highest BCUT2D eigenvalue weighted by Gasteiger charge is 2.13. The van der Waals surface area contributed by atoms with E-state index < -0.39 is 10.8 Å². The molecule has 1 N–H and O–H groups in total. The number of rotatable bonds is 3. The molecule has 19 heavy (non-hydrogen) atoms. The Bertz CT molecular complexity index is 620. The van der Waals surface area contributed by atoms with Gasteiger partial charge in [-0.1, -0.05) is 29.8 Å². The Hall–Kier alpha value is -1.94. The van der Waals surface area contributed by atoms with Gasteiger partial charge in [-0.3, -0.25) is 9.00 Å². The van der Waals surface area contributed by atoms with E-state index in [1.807, 2.05) is 31.2 Å². The first kappa shape index (κ1) is 13.5. The molecule has 3 nitrogen and oxygen atoms in total. The number of nitrogens with one attached hydrogen (secondary N) is 1. The van der Waals surface area contributed by atoms with Crippen molar-refractivity contribution in [2.45, 2.75) is 11.8 Å². The zero-order chi connectivity index (χ0) is 13.8. The maximum atomic E-state index is 12.2. The van der Waals surface area contributed by atoms with Crippen molar-refractivity contribution in [2.24, 2.45) is 0 Å². The van der Waals surface area contributed by atoms with Crippen molar-refractivity contribution < 1.29 is 9.00 Å². The van der Waals surface area contributed by atoms with Gasteiger partial charge in [0.2, 0.25) is 0 Å². The van der Waals surface area contributed by atoms with Gasteiger partial charge in [0.05, 0.1) is 21.3 Å². The van der Waals surface area contributed by atoms with Crippen LogP contribution in [-0.4, -0.2) is 16.4 Å². The topological polar surface area (TPSA) is 46.2 Å². The summed E-state index contributed by atoms with van der Waals surface area (Å²) >= 11 is 0. The molecule has 98 valence electrons. The largest absolute Gasteiger partial charge is 0.322 e. The fourth-order valence-corrected chi connectivity index (χ4v) is 2.48. The standard InChI is InChI=1S/C15H15NO2S/c1-11-7-9-12(10-8-11)16-15(17)13-5-3-4-6-14(13)19(2)18/h3-10H,1-2H3,(H,16,17). The summed E-state index contributed by atoms with van der Waals surface area (Å²) < 4.78 is 11.6. The van der Waals surface area contributed by atoms with E-state index in [0.29, 0.717) is 10.5 Å². The molecule has 1 amide bonds. The summed E-state index contributed by atoms with van der Waals surface area (Å²) in [5, 5.41) is 2.81. The fourth-order valence-electron chi connectivity index (χ4n) is 1.74. The molecule has 1 unspecified atom stereocenters. The third kappa shape index (κ3) is 3.29. The zero-order valence-corrected chi connectivity index (χ0v) is 11.7. The van der Waals surface area contributed by atoms with Crippen LogP contribution in [0.3, 0.4) is 0 Å². The molecule has 0 aliphatic rings. The van der Waals surface area contributed by atoms with E-state index in [2.05, 4.69) is 5.32 Å². The summed E-state index contributed by atoms with van der Waals surface area (Å²) in [5.41, 5.74) is 2.31. The summed E-state index contributed by atoms with van der Waals surface area (Å²) in [6.45, 7) is 1.99. The number of carbonyl (C=O) groups is 1. The lowest BCUT2D eigenvalue weighted by molar-refractivity contribution is 0.102. The molecule has 0 saturated heterocycles. The van der Waals surface area contributed by atoms with E-state index in [1.165, 1.54) is 0 Å². The minimum Gasteiger partial charge on any atom is -0.322 e. The molecule has 0 saturated carbocycles. The van der Waals surface area contributed by atoms with E-state index in [9.17, 15) is 9.00 Å². The van der Waals surface area contributed by atoms with Gasteiger partial charge in [-0.25, -0.2) is 0 Å². The number of carbonyl (C=O) groups excluding carboxylic acids is 1. The van der Waals surface area contributed by atoms with E-state index >= 15 is 0 Å². The molecule has 0 aromatic heterocycles. The van der Waals surface area contributed by atoms with Gasteiger partial charge in [-0.15, -0.1) is 0 Å². The Morgan fingerprint density at radius 3 is 2.32 bits per heavy atom. The first-order chi connectivity index (χ1) is 9.08. The highest BCUT2D eigenvalue weighted by atomic mass is 32.2. The Morgan fingerprint density at radius 1 is 1.05 bits per heavy atom. The average Bonchev–Trinajstić information content (AvgIpc) is 2.41. The molecule has 0 bridgehead atoms. The Morgan fingerprint density at radius 2 is 1.68 bits per heavy atom. The van der Waals surface area contributed by atoms with Crippen LogP contribution < -0.4 is 5.32 Å². The smallest absolute Gasteiger partial charge is 0.256 e. The molecular formula is C15H15NO2S. The molecule has 2 aromatic carbocycles. The first-order valence-corrected chi connectivity index (χ1v) is 7.44. The summed E-state index contributed by atoms with van der Waals surface area (Å²) in [6.07, 6.45) is 1.57. The van der Waals surface area contributed by atoms with Crippen molar-refractivity contribution in [1.29, 1.82) is 0 Å². The number of hydrogen-bond donors (Lipinski definition) is 1. The summed E-state index contributed by atoms with van der Waals surface area (Å²) in [6, 6.07) is 14.5. The maximum absolute atomic E-state index is 12.2. The average molecular weight is 273 g/mol. The number of hydrogen-bond acceptors (Lipinski definition) is 2. The molecule has 2 aromatic rings. The van der Waals surface area contributed by atoms with Crippen molar-refractivity contribution in [3.8, 4) is 0 Å². The lowest BCUT2D eigenvalue weighted by atomic mass is 10.2. The highest BCUT2D eigenvalue weighted by molar-refractivity contribution is 7.84. The van der Waals surface area contributed by atoms with Crippen LogP contribution in [0.2, 0.25) is 0 Å². The van der Waals surface area contributed by atoms with E-state index in [1.54, 1.807) is 30.5 Å². The van der Waals surface area contributed by atoms with Crippen molar-refractivity contribution in [3.05, 3.63) is 59.7 Å². The Labute approximate surface area is 115 Å². The Balaban J connectivity index is 2.25. The summed E-state index contributed by atoms with van der Waals surface area (Å²) in [5.74, 6) is -0.241. The molecule has 0 spiro atoms. The fraction of sp³-hybridized carbons (Fsp3) is 0.133. The van der Waals surface area contributed by atoms with E-state index in [4.69, 9.17) is 0 Å². The second-order valence-electron chi connectivity index (χ2n) is 4.27. The second kappa shape index (κ2) is 5.80. The van der Waals surface area contributed by atoms with Crippen molar-refractivity contribution in [2.75, 3.05) is 11.6 Å². The third-order valence-corrected chi connectivity index (χ3v) is 3.73. The van der Waals surface area contributed by atoms with Crippen LogP contribution in [0.25, 0.3) is 0 Å². The lowest BCUT2D eigenvalue weighted by Crippen LogP contribution is -2.14. The van der Waals surface area contributed by atoms with Gasteiger partial charge in [0.25, 0.3) is 5.91 Å². The predicted octanol–water partition coefficient (Wildman–Crippen LogP) is 2.98. The second-order valence-corrected chi connectivity index (χ2v) is 5.62. The van der Waals surface area contributed by atoms with Crippen LogP contribution >= 0.6 is 0 Å². The molecule has 0 aliphatic carbocycles. The van der Waals surface area contributed by atoms with Gasteiger partial charge in [0, 0.05) is 11.9 Å². The third-order valence-electron chi connectivity index (χ3n) is 2.75. The maximum Gasteiger partial charge on any atom is 0.256 e. The van der Waals surface area contributed by atoms with Crippen LogP contribution in [0.4, 0.5) is 5.69 Å². The highest BCUT2D eigenvalue weighted by Crippen LogP contribution is 2.15. The number of aryl methyl sites for hydroxylation is 1. The van der Waals surface area contributed by atoms with Crippen molar-refractivity contribution in [3.63, 3.8) is 0 Å². The van der Waals surface area contributed by atoms with Gasteiger partial charge in [0.1, 0.15) is 0 Å². The molecule has 2 rings (SSSR count). The lowest BCUT2D eigenvalue weighted by Gasteiger charge is -2.08. The minimum atomic E-state index is -1.18. The predicted molar refractivity (Wildman–Crippen MR) is 77.9 cm³/mol. The normalized spacial score (nSPS) is 11.9. The number of anilines is 1. The molecule has 0 fully saturated rings. The quantitative estimate of drug-likeness (QED) is 0.934. The molecular weight excluding hydrogens is 258 g/mol. The van der Waals surface area contributed by atoms with Crippen LogP contribution in [-0.2, 0) is 10.8 Å². The van der Waals surface area contributed by atoms with Crippen LogP contribution in [0.15, 0.2) is 53.4 Å². The summed E-state index contributed by atoms with van der Waals surface area (Å²) in [7, 11) is -1.18. The number of amides is 1. The van der Waals surface area contributed by atoms with Gasteiger partial charge in [0.15, 0.2) is 0 Å². The van der Waals surface area contributed by atoms with Crippen LogP contribution in [0.5, 0.6) is 0 Å². The monoisotopic (exact) mass is 273 g/mol. The van der Waals surface area contributed by atoms with Gasteiger partial charge in [-0.05, 0) is 31.2 Å². The van der Waals surface area contributed by atoms with Crippen molar-refractivity contribution in [1.82, 2.24) is 0 Å². The van der Waals surface area contributed by atoms with Gasteiger partial charge >= 0.3 is 0 Å². The van der Waals surface area contributed by atoms with Crippen LogP contribution in [0, 0.1) is 6.92 Å². The van der Waals surface area contributed by atoms with Crippen LogP contribution in [0.1, 0.15) is 15.9 Å².